The van der Waals surface area contributed by atoms with Crippen LogP contribution in [0.5, 0.6) is 0 Å². The summed E-state index contributed by atoms with van der Waals surface area (Å²) < 4.78 is 43.1. The van der Waals surface area contributed by atoms with Crippen molar-refractivity contribution in [3.05, 3.63) is 22.8 Å². The summed E-state index contributed by atoms with van der Waals surface area (Å²) in [4.78, 5) is 5.75. The summed E-state index contributed by atoms with van der Waals surface area (Å²) in [7, 11) is 1.63. The zero-order chi connectivity index (χ0) is 14.9. The summed E-state index contributed by atoms with van der Waals surface area (Å²) in [6.07, 6.45) is -2.69. The Bertz CT molecular complexity index is 481. The Hall–Kier alpha value is -1.01. The topological polar surface area (TPSA) is 25.4 Å². The van der Waals surface area contributed by atoms with Crippen LogP contribution in [0, 0.1) is 5.92 Å². The zero-order valence-electron chi connectivity index (χ0n) is 11.2. The molecule has 112 valence electrons. The van der Waals surface area contributed by atoms with Crippen LogP contribution < -0.4 is 4.90 Å². The van der Waals surface area contributed by atoms with E-state index in [1.54, 1.807) is 7.11 Å². The van der Waals surface area contributed by atoms with Crippen molar-refractivity contribution in [3.63, 3.8) is 0 Å². The molecule has 2 heterocycles. The third kappa shape index (κ3) is 3.17. The fourth-order valence-corrected chi connectivity index (χ4v) is 2.64. The molecule has 0 aromatic carbocycles. The van der Waals surface area contributed by atoms with Crippen LogP contribution in [0.2, 0.25) is 5.02 Å². The van der Waals surface area contributed by atoms with E-state index >= 15 is 0 Å². The summed E-state index contributed by atoms with van der Waals surface area (Å²) in [5.41, 5.74) is -0.833. The van der Waals surface area contributed by atoms with Crippen molar-refractivity contribution in [1.29, 1.82) is 0 Å². The van der Waals surface area contributed by atoms with Crippen LogP contribution in [0.15, 0.2) is 12.3 Å². The van der Waals surface area contributed by atoms with Crippen molar-refractivity contribution in [2.75, 3.05) is 25.1 Å². The quantitative estimate of drug-likeness (QED) is 0.834. The van der Waals surface area contributed by atoms with Crippen LogP contribution >= 0.6 is 11.6 Å². The third-order valence-electron chi connectivity index (χ3n) is 3.64. The van der Waals surface area contributed by atoms with E-state index < -0.39 is 11.7 Å². The number of hydrogen-bond donors (Lipinski definition) is 0. The van der Waals surface area contributed by atoms with Crippen molar-refractivity contribution >= 4 is 17.4 Å². The van der Waals surface area contributed by atoms with E-state index in [0.29, 0.717) is 24.8 Å². The zero-order valence-corrected chi connectivity index (χ0v) is 12.0. The molecule has 1 aliphatic rings. The fourth-order valence-electron chi connectivity index (χ4n) is 2.35. The molecule has 0 saturated carbocycles. The Kier molecular flexibility index (Phi) is 4.44. The summed E-state index contributed by atoms with van der Waals surface area (Å²) in [6, 6.07) is 0.920. The first-order valence-corrected chi connectivity index (χ1v) is 6.71. The van der Waals surface area contributed by atoms with Gasteiger partial charge in [-0.3, -0.25) is 0 Å². The molecule has 1 aromatic heterocycles. The number of nitrogens with zero attached hydrogens (tertiary/aromatic N) is 2. The second-order valence-corrected chi connectivity index (χ2v) is 5.42. The smallest absolute Gasteiger partial charge is 0.379 e. The average Bonchev–Trinajstić information content (AvgIpc) is 2.38. The minimum atomic E-state index is -4.43. The average molecular weight is 309 g/mol. The van der Waals surface area contributed by atoms with Gasteiger partial charge in [0.1, 0.15) is 5.82 Å². The van der Waals surface area contributed by atoms with Gasteiger partial charge in [-0.15, -0.1) is 0 Å². The van der Waals surface area contributed by atoms with Gasteiger partial charge in [0.2, 0.25) is 0 Å². The van der Waals surface area contributed by atoms with Gasteiger partial charge in [-0.25, -0.2) is 4.98 Å². The molecular formula is C13H16ClF3N2O. The van der Waals surface area contributed by atoms with Crippen LogP contribution in [0.3, 0.4) is 0 Å². The number of anilines is 1. The molecule has 1 fully saturated rings. The minimum Gasteiger partial charge on any atom is -0.379 e. The molecule has 2 atom stereocenters. The van der Waals surface area contributed by atoms with Gasteiger partial charge in [0, 0.05) is 26.4 Å². The molecule has 1 aromatic rings. The van der Waals surface area contributed by atoms with E-state index in [-0.39, 0.29) is 11.1 Å². The lowest BCUT2D eigenvalue weighted by Crippen LogP contribution is -2.44. The molecule has 3 nitrogen and oxygen atoms in total. The van der Waals surface area contributed by atoms with Crippen molar-refractivity contribution in [2.24, 2.45) is 5.92 Å². The molecular weight excluding hydrogens is 293 g/mol. The van der Waals surface area contributed by atoms with E-state index in [1.807, 2.05) is 4.90 Å². The predicted molar refractivity (Wildman–Crippen MR) is 71.0 cm³/mol. The third-order valence-corrected chi connectivity index (χ3v) is 3.92. The maximum atomic E-state index is 12.6. The number of rotatable bonds is 2. The van der Waals surface area contributed by atoms with Crippen molar-refractivity contribution in [2.45, 2.75) is 25.6 Å². The Morgan fingerprint density at radius 1 is 1.45 bits per heavy atom. The lowest BCUT2D eigenvalue weighted by molar-refractivity contribution is -0.137. The van der Waals surface area contributed by atoms with E-state index in [9.17, 15) is 13.2 Å². The van der Waals surface area contributed by atoms with E-state index in [0.717, 1.165) is 18.7 Å². The summed E-state index contributed by atoms with van der Waals surface area (Å²) in [5, 5.41) is 0.0178. The molecule has 0 radical (unpaired) electrons. The molecule has 1 aliphatic heterocycles. The van der Waals surface area contributed by atoms with Gasteiger partial charge >= 0.3 is 6.18 Å². The van der Waals surface area contributed by atoms with Gasteiger partial charge in [0.05, 0.1) is 16.7 Å². The number of pyridine rings is 1. The minimum absolute atomic E-state index is 0.0178. The molecule has 2 rings (SSSR count). The van der Waals surface area contributed by atoms with E-state index in [2.05, 4.69) is 11.9 Å². The van der Waals surface area contributed by atoms with Gasteiger partial charge in [-0.1, -0.05) is 18.5 Å². The van der Waals surface area contributed by atoms with Crippen LogP contribution in [-0.4, -0.2) is 31.3 Å². The molecule has 7 heteroatoms. The maximum absolute atomic E-state index is 12.6. The van der Waals surface area contributed by atoms with Crippen molar-refractivity contribution in [3.8, 4) is 0 Å². The molecule has 0 bridgehead atoms. The van der Waals surface area contributed by atoms with E-state index in [1.165, 1.54) is 0 Å². The molecule has 2 unspecified atom stereocenters. The normalized spacial score (nSPS) is 24.0. The molecule has 0 spiro atoms. The Morgan fingerprint density at radius 2 is 2.15 bits per heavy atom. The second-order valence-electron chi connectivity index (χ2n) is 5.01. The Balaban J connectivity index is 2.21. The highest BCUT2D eigenvalue weighted by Crippen LogP contribution is 2.34. The number of hydrogen-bond acceptors (Lipinski definition) is 3. The number of aromatic nitrogens is 1. The molecule has 1 saturated heterocycles. The fraction of sp³-hybridized carbons (Fsp3) is 0.615. The Morgan fingerprint density at radius 3 is 2.70 bits per heavy atom. The van der Waals surface area contributed by atoms with Gasteiger partial charge < -0.3 is 9.64 Å². The largest absolute Gasteiger partial charge is 0.417 e. The molecule has 0 aliphatic carbocycles. The first kappa shape index (κ1) is 15.4. The number of piperidine rings is 1. The standard InChI is InChI=1S/C13H16ClF3N2O/c1-8-3-4-19(7-11(8)20-2)12-10(14)5-9(6-18-12)13(15,16)17/h5-6,8,11H,3-4,7H2,1-2H3. The second kappa shape index (κ2) is 5.77. The highest BCUT2D eigenvalue weighted by Gasteiger charge is 2.33. The highest BCUT2D eigenvalue weighted by atomic mass is 35.5. The monoisotopic (exact) mass is 308 g/mol. The van der Waals surface area contributed by atoms with Crippen LogP contribution in [0.25, 0.3) is 0 Å². The van der Waals surface area contributed by atoms with Crippen LogP contribution in [0.1, 0.15) is 18.9 Å². The number of methoxy groups -OCH3 is 1. The van der Waals surface area contributed by atoms with E-state index in [4.69, 9.17) is 16.3 Å². The van der Waals surface area contributed by atoms with Gasteiger partial charge in [0.15, 0.2) is 0 Å². The maximum Gasteiger partial charge on any atom is 0.417 e. The summed E-state index contributed by atoms with van der Waals surface area (Å²) >= 11 is 5.95. The van der Waals surface area contributed by atoms with Crippen molar-refractivity contribution in [1.82, 2.24) is 4.98 Å². The van der Waals surface area contributed by atoms with Crippen molar-refractivity contribution < 1.29 is 17.9 Å². The lowest BCUT2D eigenvalue weighted by atomic mass is 9.96. The SMILES string of the molecule is COC1CN(c2ncc(C(F)(F)F)cc2Cl)CCC1C. The highest BCUT2D eigenvalue weighted by molar-refractivity contribution is 6.33. The molecule has 0 N–H and O–H groups in total. The first-order valence-electron chi connectivity index (χ1n) is 6.33. The molecule has 20 heavy (non-hydrogen) atoms. The molecule has 0 amide bonds. The number of ether oxygens (including phenoxy) is 1. The van der Waals surface area contributed by atoms with Crippen LogP contribution in [0.4, 0.5) is 19.0 Å². The lowest BCUT2D eigenvalue weighted by Gasteiger charge is -2.37. The van der Waals surface area contributed by atoms with Gasteiger partial charge in [0.25, 0.3) is 0 Å². The number of halogens is 4. The summed E-state index contributed by atoms with van der Waals surface area (Å²) in [5.74, 6) is 0.790. The van der Waals surface area contributed by atoms with Gasteiger partial charge in [-0.05, 0) is 18.4 Å². The number of alkyl halides is 3. The van der Waals surface area contributed by atoms with Crippen LogP contribution in [-0.2, 0) is 10.9 Å². The predicted octanol–water partition coefficient (Wildman–Crippen LogP) is 3.62. The summed E-state index contributed by atoms with van der Waals surface area (Å²) in [6.45, 7) is 3.38. The first-order chi connectivity index (χ1) is 9.32. The van der Waals surface area contributed by atoms with Gasteiger partial charge in [-0.2, -0.15) is 13.2 Å². The Labute approximate surface area is 120 Å².